The van der Waals surface area contributed by atoms with E-state index in [-0.39, 0.29) is 0 Å². The van der Waals surface area contributed by atoms with Crippen LogP contribution in [0.4, 0.5) is 62.6 Å². The molecule has 7 heteroatoms. The van der Waals surface area contributed by atoms with E-state index in [0.29, 0.717) is 17.5 Å². The van der Waals surface area contributed by atoms with Crippen LogP contribution in [0.1, 0.15) is 30.9 Å². The van der Waals surface area contributed by atoms with Crippen molar-refractivity contribution in [3.8, 4) is 11.4 Å². The molecule has 12 rings (SSSR count). The molecule has 0 radical (unpaired) electrons. The minimum atomic E-state index is 0.622. The SMILES string of the molecule is C1=CC(N2c3ccccc3N(c3ccccc3)c3ccccc32)=CC(c2nc(C3=CCCC=C3)nc(-c3cccc(N4c5ccccc5N(c5ccccc5)c5ccccc54)c3)n2)=CC1. The number of anilines is 11. The standard InChI is InChI=1S/C58H43N7/c1-4-21-41(22-5-1)56-59-57(42-23-10-11-29-46(39-42)64-52-35-16-12-31-48(52)62(44-25-6-2-7-26-44)49-32-13-17-36-53(49)64)61-58(60-56)43-24-20-30-47(40-43)65-54-37-18-14-33-50(54)63(45-27-8-3-9-28-45)51-34-15-19-38-55(51)65/h2-4,6-9,11-40H,1,5,10H2. The Morgan fingerprint density at radius 2 is 0.785 bits per heavy atom. The summed E-state index contributed by atoms with van der Waals surface area (Å²) in [6.07, 6.45) is 18.2. The van der Waals surface area contributed by atoms with E-state index in [0.717, 1.165) is 104 Å². The molecule has 7 aromatic carbocycles. The predicted molar refractivity (Wildman–Crippen MR) is 268 cm³/mol. The lowest BCUT2D eigenvalue weighted by atomic mass is 10.0. The summed E-state index contributed by atoms with van der Waals surface area (Å²) in [6, 6.07) is 64.3. The molecule has 1 aromatic heterocycles. The van der Waals surface area contributed by atoms with Crippen molar-refractivity contribution < 1.29 is 0 Å². The van der Waals surface area contributed by atoms with Gasteiger partial charge in [0, 0.05) is 39.5 Å². The first kappa shape index (κ1) is 38.2. The Bertz CT molecular complexity index is 3180. The second-order valence-electron chi connectivity index (χ2n) is 16.3. The zero-order valence-electron chi connectivity index (χ0n) is 35.6. The van der Waals surface area contributed by atoms with Crippen molar-refractivity contribution in [1.82, 2.24) is 15.0 Å². The number of nitrogens with zero attached hydrogens (tertiary/aromatic N) is 7. The third-order valence-corrected chi connectivity index (χ3v) is 12.3. The highest BCUT2D eigenvalue weighted by molar-refractivity contribution is 6.02. The summed E-state index contributed by atoms with van der Waals surface area (Å²) in [6.45, 7) is 0. The van der Waals surface area contributed by atoms with E-state index >= 15 is 0 Å². The monoisotopic (exact) mass is 837 g/mol. The summed E-state index contributed by atoms with van der Waals surface area (Å²) in [5.74, 6) is 1.92. The summed E-state index contributed by atoms with van der Waals surface area (Å²) >= 11 is 0. The molecule has 0 N–H and O–H groups in total. The minimum absolute atomic E-state index is 0.622. The highest BCUT2D eigenvalue weighted by atomic mass is 15.3. The van der Waals surface area contributed by atoms with Gasteiger partial charge in [-0.05, 0) is 116 Å². The largest absolute Gasteiger partial charge is 0.306 e. The number of allylic oxidation sites excluding steroid dienone is 9. The molecule has 0 amide bonds. The van der Waals surface area contributed by atoms with Crippen LogP contribution < -0.4 is 19.6 Å². The van der Waals surface area contributed by atoms with Crippen LogP contribution in [0.3, 0.4) is 0 Å². The second kappa shape index (κ2) is 16.3. The molecule has 2 aliphatic carbocycles. The normalized spacial score (nSPS) is 14.9. The number of hydrogen-bond acceptors (Lipinski definition) is 7. The zero-order valence-corrected chi connectivity index (χ0v) is 35.6. The molecular weight excluding hydrogens is 795 g/mol. The van der Waals surface area contributed by atoms with Crippen molar-refractivity contribution in [3.05, 3.63) is 242 Å². The minimum Gasteiger partial charge on any atom is -0.306 e. The van der Waals surface area contributed by atoms with Gasteiger partial charge in [0.15, 0.2) is 17.5 Å². The molecule has 0 spiro atoms. The highest BCUT2D eigenvalue weighted by Crippen LogP contribution is 2.55. The third-order valence-electron chi connectivity index (χ3n) is 12.3. The summed E-state index contributed by atoms with van der Waals surface area (Å²) in [7, 11) is 0. The molecule has 4 aliphatic rings. The molecule has 8 aromatic rings. The number of para-hydroxylation sites is 10. The maximum absolute atomic E-state index is 5.34. The van der Waals surface area contributed by atoms with Gasteiger partial charge >= 0.3 is 0 Å². The average molecular weight is 838 g/mol. The smallest absolute Gasteiger partial charge is 0.164 e. The number of benzene rings is 7. The van der Waals surface area contributed by atoms with E-state index in [9.17, 15) is 0 Å². The highest BCUT2D eigenvalue weighted by Gasteiger charge is 2.32. The van der Waals surface area contributed by atoms with Crippen LogP contribution >= 0.6 is 0 Å². The van der Waals surface area contributed by atoms with E-state index in [1.807, 2.05) is 0 Å². The fourth-order valence-electron chi connectivity index (χ4n) is 9.43. The van der Waals surface area contributed by atoms with Gasteiger partial charge in [0.1, 0.15) is 0 Å². The van der Waals surface area contributed by atoms with E-state index in [4.69, 9.17) is 15.0 Å². The van der Waals surface area contributed by atoms with Crippen LogP contribution in [0, 0.1) is 0 Å². The van der Waals surface area contributed by atoms with Crippen molar-refractivity contribution in [1.29, 1.82) is 0 Å². The number of aromatic nitrogens is 3. The van der Waals surface area contributed by atoms with E-state index in [2.05, 4.69) is 244 Å². The lowest BCUT2D eigenvalue weighted by Gasteiger charge is -2.40. The summed E-state index contributed by atoms with van der Waals surface area (Å²) in [5.41, 5.74) is 15.9. The molecule has 65 heavy (non-hydrogen) atoms. The number of rotatable bonds is 7. The number of hydrogen-bond donors (Lipinski definition) is 0. The fourth-order valence-corrected chi connectivity index (χ4v) is 9.43. The van der Waals surface area contributed by atoms with Gasteiger partial charge in [0.25, 0.3) is 0 Å². The van der Waals surface area contributed by atoms with Crippen LogP contribution in [-0.2, 0) is 0 Å². The maximum atomic E-state index is 5.34. The zero-order chi connectivity index (χ0) is 43.1. The Hall–Kier alpha value is -8.55. The van der Waals surface area contributed by atoms with E-state index in [1.54, 1.807) is 0 Å². The molecule has 2 aliphatic heterocycles. The van der Waals surface area contributed by atoms with Crippen molar-refractivity contribution in [3.63, 3.8) is 0 Å². The molecule has 0 fully saturated rings. The first-order valence-electron chi connectivity index (χ1n) is 22.3. The van der Waals surface area contributed by atoms with Crippen LogP contribution in [0.2, 0.25) is 0 Å². The lowest BCUT2D eigenvalue weighted by molar-refractivity contribution is 0.984. The fraction of sp³-hybridized carbons (Fsp3) is 0.0517. The van der Waals surface area contributed by atoms with Gasteiger partial charge < -0.3 is 19.6 Å². The van der Waals surface area contributed by atoms with Crippen molar-refractivity contribution in [2.24, 2.45) is 0 Å². The van der Waals surface area contributed by atoms with Gasteiger partial charge in [0.2, 0.25) is 0 Å². The first-order valence-corrected chi connectivity index (χ1v) is 22.3. The van der Waals surface area contributed by atoms with Gasteiger partial charge in [-0.15, -0.1) is 0 Å². The quantitative estimate of drug-likeness (QED) is 0.158. The predicted octanol–water partition coefficient (Wildman–Crippen LogP) is 15.4. The van der Waals surface area contributed by atoms with Gasteiger partial charge in [-0.3, -0.25) is 0 Å². The van der Waals surface area contributed by atoms with Crippen molar-refractivity contribution in [2.75, 3.05) is 19.6 Å². The average Bonchev–Trinajstić information content (AvgIpc) is 3.64. The molecule has 0 saturated heterocycles. The van der Waals surface area contributed by atoms with Gasteiger partial charge in [-0.2, -0.15) is 0 Å². The summed E-state index contributed by atoms with van der Waals surface area (Å²) < 4.78 is 0. The maximum Gasteiger partial charge on any atom is 0.164 e. The molecule has 3 heterocycles. The lowest BCUT2D eigenvalue weighted by Crippen LogP contribution is -2.26. The van der Waals surface area contributed by atoms with E-state index < -0.39 is 0 Å². The third kappa shape index (κ3) is 6.82. The Kier molecular flexibility index (Phi) is 9.56. The molecule has 0 atom stereocenters. The molecule has 0 unspecified atom stereocenters. The summed E-state index contributed by atoms with van der Waals surface area (Å²) in [4.78, 5) is 25.2. The van der Waals surface area contributed by atoms with Crippen LogP contribution in [0.5, 0.6) is 0 Å². The molecular formula is C58H43N7. The van der Waals surface area contributed by atoms with Crippen LogP contribution in [0.25, 0.3) is 22.5 Å². The van der Waals surface area contributed by atoms with Gasteiger partial charge in [0.05, 0.1) is 45.5 Å². The van der Waals surface area contributed by atoms with Gasteiger partial charge in [-0.1, -0.05) is 127 Å². The summed E-state index contributed by atoms with van der Waals surface area (Å²) in [5, 5.41) is 0. The topological polar surface area (TPSA) is 51.6 Å². The van der Waals surface area contributed by atoms with Crippen LogP contribution in [0.15, 0.2) is 230 Å². The Balaban J connectivity index is 0.976. The van der Waals surface area contributed by atoms with Crippen molar-refractivity contribution in [2.45, 2.75) is 19.3 Å². The van der Waals surface area contributed by atoms with E-state index in [1.165, 1.54) is 0 Å². The Morgan fingerprint density at radius 3 is 1.29 bits per heavy atom. The molecule has 7 nitrogen and oxygen atoms in total. The van der Waals surface area contributed by atoms with Crippen molar-refractivity contribution >= 4 is 73.7 Å². The Labute approximate surface area is 379 Å². The molecule has 0 saturated carbocycles. The van der Waals surface area contributed by atoms with Crippen LogP contribution in [-0.4, -0.2) is 15.0 Å². The first-order chi connectivity index (χ1) is 32.3. The molecule has 0 bridgehead atoms. The van der Waals surface area contributed by atoms with Gasteiger partial charge in [-0.25, -0.2) is 15.0 Å². The number of fused-ring (bicyclic) bond motifs is 4. The second-order valence-corrected chi connectivity index (χ2v) is 16.3. The molecule has 310 valence electrons. The Morgan fingerprint density at radius 1 is 0.338 bits per heavy atom.